The maximum Gasteiger partial charge on any atom is 0.333 e. The number of hydrogen-bond donors (Lipinski definition) is 0. The van der Waals surface area contributed by atoms with E-state index in [1.165, 1.54) is 11.1 Å². The molecule has 3 aliphatic rings. The first-order valence-corrected chi connectivity index (χ1v) is 8.18. The average Bonchev–Trinajstić information content (AvgIpc) is 3.20. The van der Waals surface area contributed by atoms with E-state index in [1.807, 2.05) is 0 Å². The number of hydrogen-bond acceptors (Lipinski definition) is 3. The van der Waals surface area contributed by atoms with Crippen LogP contribution in [-0.2, 0) is 27.1 Å². The molecule has 3 atom stereocenters. The smallest absolute Gasteiger partial charge is 0.333 e. The molecule has 0 saturated carbocycles. The zero-order chi connectivity index (χ0) is 15.3. The molecule has 1 aromatic rings. The van der Waals surface area contributed by atoms with Gasteiger partial charge in [-0.1, -0.05) is 30.8 Å². The van der Waals surface area contributed by atoms with Gasteiger partial charge >= 0.3 is 5.97 Å². The van der Waals surface area contributed by atoms with E-state index >= 15 is 0 Å². The summed E-state index contributed by atoms with van der Waals surface area (Å²) in [5, 5.41) is 0. The number of carbonyl (C=O) groups excluding carboxylic acids is 1. The summed E-state index contributed by atoms with van der Waals surface area (Å²) in [6.07, 6.45) is 5.48. The molecule has 0 amide bonds. The summed E-state index contributed by atoms with van der Waals surface area (Å²) in [5.41, 5.74) is 2.64. The van der Waals surface area contributed by atoms with Gasteiger partial charge in [-0.2, -0.15) is 0 Å². The van der Waals surface area contributed by atoms with Crippen molar-refractivity contribution >= 4 is 5.97 Å². The third-order valence-corrected chi connectivity index (χ3v) is 5.52. The van der Waals surface area contributed by atoms with Crippen LogP contribution in [-0.4, -0.2) is 23.8 Å². The summed E-state index contributed by atoms with van der Waals surface area (Å²) in [6.45, 7) is 5.46. The topological polar surface area (TPSA) is 35.5 Å². The quantitative estimate of drug-likeness (QED) is 0.635. The van der Waals surface area contributed by atoms with Crippen LogP contribution in [0.15, 0.2) is 36.4 Å². The Balaban J connectivity index is 1.67. The maximum absolute atomic E-state index is 12.3. The Morgan fingerprint density at radius 2 is 1.95 bits per heavy atom. The zero-order valence-corrected chi connectivity index (χ0v) is 13.0. The summed E-state index contributed by atoms with van der Waals surface area (Å²) in [6, 6.07) is 8.43. The predicted octanol–water partition coefficient (Wildman–Crippen LogP) is 3.21. The normalized spacial score (nSPS) is 31.0. The SMILES string of the molecule is C=C(C)C(=O)OC1(C2CC3CCC2O3)Cc2ccccc2C1. The summed E-state index contributed by atoms with van der Waals surface area (Å²) in [5.74, 6) is 0.0394. The van der Waals surface area contributed by atoms with Crippen LogP contribution in [0.5, 0.6) is 0 Å². The van der Waals surface area contributed by atoms with E-state index in [4.69, 9.17) is 9.47 Å². The van der Waals surface area contributed by atoms with Crippen LogP contribution in [0.1, 0.15) is 37.3 Å². The molecule has 2 saturated heterocycles. The molecule has 0 spiro atoms. The van der Waals surface area contributed by atoms with Crippen molar-refractivity contribution in [3.63, 3.8) is 0 Å². The number of carbonyl (C=O) groups is 1. The molecule has 1 aromatic carbocycles. The molecule has 0 radical (unpaired) electrons. The minimum absolute atomic E-state index is 0.247. The number of esters is 1. The Kier molecular flexibility index (Phi) is 3.15. The largest absolute Gasteiger partial charge is 0.455 e. The van der Waals surface area contributed by atoms with Gasteiger partial charge in [0.2, 0.25) is 0 Å². The van der Waals surface area contributed by atoms with Crippen molar-refractivity contribution in [1.82, 2.24) is 0 Å². The van der Waals surface area contributed by atoms with Crippen molar-refractivity contribution < 1.29 is 14.3 Å². The average molecular weight is 298 g/mol. The number of fused-ring (bicyclic) bond motifs is 3. The number of rotatable bonds is 3. The minimum atomic E-state index is -0.445. The van der Waals surface area contributed by atoms with E-state index < -0.39 is 5.60 Å². The first-order chi connectivity index (χ1) is 10.6. The van der Waals surface area contributed by atoms with Gasteiger partial charge in [-0.25, -0.2) is 4.79 Å². The lowest BCUT2D eigenvalue weighted by molar-refractivity contribution is -0.162. The lowest BCUT2D eigenvalue weighted by atomic mass is 9.75. The second-order valence-electron chi connectivity index (χ2n) is 7.07. The van der Waals surface area contributed by atoms with Gasteiger partial charge in [0.1, 0.15) is 5.60 Å². The Labute approximate surface area is 131 Å². The van der Waals surface area contributed by atoms with Crippen molar-refractivity contribution in [2.24, 2.45) is 5.92 Å². The lowest BCUT2D eigenvalue weighted by Crippen LogP contribution is -2.47. The van der Waals surface area contributed by atoms with Crippen LogP contribution in [0.2, 0.25) is 0 Å². The minimum Gasteiger partial charge on any atom is -0.455 e. The summed E-state index contributed by atoms with van der Waals surface area (Å²) in [7, 11) is 0. The van der Waals surface area contributed by atoms with Crippen molar-refractivity contribution in [1.29, 1.82) is 0 Å². The van der Waals surface area contributed by atoms with Crippen LogP contribution >= 0.6 is 0 Å². The van der Waals surface area contributed by atoms with E-state index in [9.17, 15) is 4.79 Å². The maximum atomic E-state index is 12.3. The predicted molar refractivity (Wildman–Crippen MR) is 83.5 cm³/mol. The van der Waals surface area contributed by atoms with E-state index in [-0.39, 0.29) is 12.1 Å². The van der Waals surface area contributed by atoms with Gasteiger partial charge < -0.3 is 9.47 Å². The Hall–Kier alpha value is -1.61. The van der Waals surface area contributed by atoms with E-state index in [1.54, 1.807) is 6.92 Å². The van der Waals surface area contributed by atoms with Crippen LogP contribution in [0.25, 0.3) is 0 Å². The molecule has 4 rings (SSSR count). The molecule has 3 nitrogen and oxygen atoms in total. The number of benzene rings is 1. The van der Waals surface area contributed by atoms with E-state index in [0.29, 0.717) is 17.6 Å². The van der Waals surface area contributed by atoms with Crippen molar-refractivity contribution in [2.45, 2.75) is 56.8 Å². The van der Waals surface area contributed by atoms with E-state index in [0.717, 1.165) is 32.1 Å². The molecule has 2 heterocycles. The first kappa shape index (κ1) is 14.0. The van der Waals surface area contributed by atoms with Crippen LogP contribution in [0.3, 0.4) is 0 Å². The highest BCUT2D eigenvalue weighted by Gasteiger charge is 2.56. The second kappa shape index (κ2) is 4.95. The van der Waals surface area contributed by atoms with Crippen LogP contribution in [0, 0.1) is 5.92 Å². The first-order valence-electron chi connectivity index (χ1n) is 8.18. The van der Waals surface area contributed by atoms with Crippen LogP contribution in [0.4, 0.5) is 0 Å². The highest BCUT2D eigenvalue weighted by atomic mass is 16.6. The third kappa shape index (κ3) is 2.11. The molecular formula is C19H22O3. The van der Waals surface area contributed by atoms with Crippen molar-refractivity contribution in [2.75, 3.05) is 0 Å². The highest BCUT2D eigenvalue weighted by molar-refractivity contribution is 5.87. The second-order valence-corrected chi connectivity index (χ2v) is 7.07. The molecule has 116 valence electrons. The zero-order valence-electron chi connectivity index (χ0n) is 13.0. The number of ether oxygens (including phenoxy) is 2. The molecule has 2 bridgehead atoms. The lowest BCUT2D eigenvalue weighted by Gasteiger charge is -2.38. The third-order valence-electron chi connectivity index (χ3n) is 5.52. The van der Waals surface area contributed by atoms with Gasteiger partial charge in [-0.05, 0) is 37.3 Å². The Morgan fingerprint density at radius 1 is 1.27 bits per heavy atom. The van der Waals surface area contributed by atoms with Gasteiger partial charge in [-0.15, -0.1) is 0 Å². The Bertz CT molecular complexity index is 608. The van der Waals surface area contributed by atoms with Crippen molar-refractivity contribution in [3.8, 4) is 0 Å². The van der Waals surface area contributed by atoms with Crippen LogP contribution < -0.4 is 0 Å². The van der Waals surface area contributed by atoms with Gasteiger partial charge in [-0.3, -0.25) is 0 Å². The molecule has 2 fully saturated rings. The molecule has 3 heteroatoms. The van der Waals surface area contributed by atoms with Gasteiger partial charge in [0, 0.05) is 24.3 Å². The molecule has 0 aromatic heterocycles. The monoisotopic (exact) mass is 298 g/mol. The standard InChI is InChI=1S/C19H22O3/c1-12(2)18(20)22-19(16-9-15-7-8-17(16)21-15)10-13-5-3-4-6-14(13)11-19/h3-6,15-17H,1,7-11H2,2H3. The van der Waals surface area contributed by atoms with E-state index in [2.05, 4.69) is 30.8 Å². The fourth-order valence-electron chi connectivity index (χ4n) is 4.48. The molecule has 2 aliphatic heterocycles. The van der Waals surface area contributed by atoms with Gasteiger partial charge in [0.25, 0.3) is 0 Å². The highest BCUT2D eigenvalue weighted by Crippen LogP contribution is 2.50. The fourth-order valence-corrected chi connectivity index (χ4v) is 4.48. The summed E-state index contributed by atoms with van der Waals surface area (Å²) < 4.78 is 12.1. The molecule has 0 N–H and O–H groups in total. The molecule has 3 unspecified atom stereocenters. The van der Waals surface area contributed by atoms with Crippen molar-refractivity contribution in [3.05, 3.63) is 47.5 Å². The Morgan fingerprint density at radius 3 is 2.45 bits per heavy atom. The fraction of sp³-hybridized carbons (Fsp3) is 0.526. The molecule has 1 aliphatic carbocycles. The summed E-state index contributed by atoms with van der Waals surface area (Å²) >= 11 is 0. The molecule has 22 heavy (non-hydrogen) atoms. The van der Waals surface area contributed by atoms with Gasteiger partial charge in [0.05, 0.1) is 12.2 Å². The molecular weight excluding hydrogens is 276 g/mol. The summed E-state index contributed by atoms with van der Waals surface area (Å²) in [4.78, 5) is 12.3. The van der Waals surface area contributed by atoms with Gasteiger partial charge in [0.15, 0.2) is 0 Å².